The highest BCUT2D eigenvalue weighted by atomic mass is 19.4. The van der Waals surface area contributed by atoms with Crippen molar-refractivity contribution in [3.05, 3.63) is 106 Å². The lowest BCUT2D eigenvalue weighted by Crippen LogP contribution is -2.56. The lowest BCUT2D eigenvalue weighted by atomic mass is 9.66. The van der Waals surface area contributed by atoms with Gasteiger partial charge in [-0.1, -0.05) is 24.3 Å². The first kappa shape index (κ1) is 35.5. The molecule has 0 radical (unpaired) electrons. The van der Waals surface area contributed by atoms with Crippen molar-refractivity contribution in [2.24, 2.45) is 0 Å². The Morgan fingerprint density at radius 1 is 0.528 bits per heavy atom. The van der Waals surface area contributed by atoms with E-state index in [2.05, 4.69) is 0 Å². The second kappa shape index (κ2) is 13.4. The minimum Gasteiger partial charge on any atom is -0.457 e. The van der Waals surface area contributed by atoms with Crippen LogP contribution in [0.5, 0.6) is 23.0 Å². The predicted molar refractivity (Wildman–Crippen MR) is 181 cm³/mol. The van der Waals surface area contributed by atoms with Gasteiger partial charge < -0.3 is 39.9 Å². The largest absolute Gasteiger partial charge is 0.457 e. The van der Waals surface area contributed by atoms with Gasteiger partial charge in [-0.3, -0.25) is 0 Å². The van der Waals surface area contributed by atoms with Crippen molar-refractivity contribution < 1.29 is 54.8 Å². The van der Waals surface area contributed by atoms with Crippen LogP contribution in [0.2, 0.25) is 0 Å². The topological polar surface area (TPSA) is 121 Å². The molecule has 4 N–H and O–H groups in total. The summed E-state index contributed by atoms with van der Waals surface area (Å²) in [7, 11) is 0. The van der Waals surface area contributed by atoms with Crippen molar-refractivity contribution in [3.8, 4) is 23.0 Å². The fourth-order valence-electron chi connectivity index (χ4n) is 7.15. The molecule has 0 aromatic heterocycles. The first-order chi connectivity index (χ1) is 25.3. The number of hydrogen-bond donors (Lipinski definition) is 2. The van der Waals surface area contributed by atoms with Crippen LogP contribution in [0.1, 0.15) is 33.4 Å². The van der Waals surface area contributed by atoms with Crippen LogP contribution >= 0.6 is 0 Å². The van der Waals surface area contributed by atoms with Crippen molar-refractivity contribution in [1.82, 2.24) is 0 Å². The average Bonchev–Trinajstić information content (AvgIpc) is 3.87. The summed E-state index contributed by atoms with van der Waals surface area (Å²) in [6.45, 7) is 0.959. The van der Waals surface area contributed by atoms with E-state index in [0.717, 1.165) is 24.3 Å². The highest BCUT2D eigenvalue weighted by Gasteiger charge is 2.74. The molecule has 0 aliphatic carbocycles. The van der Waals surface area contributed by atoms with Crippen LogP contribution in [0, 0.1) is 0 Å². The van der Waals surface area contributed by atoms with Crippen LogP contribution in [-0.4, -0.2) is 63.2 Å². The van der Waals surface area contributed by atoms with E-state index < -0.39 is 53.3 Å². The van der Waals surface area contributed by atoms with Gasteiger partial charge in [-0.25, -0.2) is 0 Å². The number of benzene rings is 4. The van der Waals surface area contributed by atoms with Crippen molar-refractivity contribution in [2.75, 3.05) is 37.9 Å². The van der Waals surface area contributed by atoms with Gasteiger partial charge in [-0.05, 0) is 58.7 Å². The smallest absolute Gasteiger partial charge is 0.411 e. The maximum Gasteiger partial charge on any atom is 0.411 e. The SMILES string of the molecule is Nc1cccc(Oc2ccc(C(c3c(CC4CO4)c(CC4CO4)c(Oc4cccc(N)c4)c(CC4CO4)c3CC3CO3)(C(F)(F)F)C(F)(F)F)cc2)c1. The molecular formula is C39H36F6N2O6. The standard InChI is InChI=1S/C39H36F6N2O6/c40-38(41,42)37(39(43,44)45,21-7-9-24(10-8-21)52-25-5-1-3-22(46)11-25)35-31(13-27-17-48-27)33(15-29-19-50-29)36(53-26-6-2-4-23(47)12-26)34(16-30-20-51-30)32(35)14-28-18-49-28/h1-12,27-30H,13-20,46-47H2. The molecule has 4 aliphatic rings. The Labute approximate surface area is 300 Å². The second-order valence-electron chi connectivity index (χ2n) is 13.9. The lowest BCUT2D eigenvalue weighted by Gasteiger charge is -2.42. The lowest BCUT2D eigenvalue weighted by molar-refractivity contribution is -0.289. The maximum atomic E-state index is 16.2. The third kappa shape index (κ3) is 7.37. The van der Waals surface area contributed by atoms with Gasteiger partial charge in [0.2, 0.25) is 5.41 Å². The molecule has 4 fully saturated rings. The van der Waals surface area contributed by atoms with E-state index in [4.69, 9.17) is 39.9 Å². The number of epoxide rings is 4. The van der Waals surface area contributed by atoms with Crippen molar-refractivity contribution in [3.63, 3.8) is 0 Å². The van der Waals surface area contributed by atoms with Gasteiger partial charge in [-0.15, -0.1) is 0 Å². The molecule has 0 spiro atoms. The molecule has 4 aromatic rings. The average molecular weight is 743 g/mol. The van der Waals surface area contributed by atoms with Gasteiger partial charge in [0.1, 0.15) is 23.0 Å². The van der Waals surface area contributed by atoms with Crippen LogP contribution in [0.25, 0.3) is 0 Å². The summed E-state index contributed by atoms with van der Waals surface area (Å²) < 4.78 is 131. The molecule has 4 aromatic carbocycles. The number of nitrogens with two attached hydrogens (primary N) is 2. The summed E-state index contributed by atoms with van der Waals surface area (Å²) in [5.74, 6) is 0.758. The van der Waals surface area contributed by atoms with E-state index in [1.807, 2.05) is 0 Å². The van der Waals surface area contributed by atoms with Crippen molar-refractivity contribution in [1.29, 1.82) is 0 Å². The Balaban J connectivity index is 1.41. The Hall–Kier alpha value is -4.50. The van der Waals surface area contributed by atoms with Crippen LogP contribution < -0.4 is 20.9 Å². The van der Waals surface area contributed by atoms with Crippen LogP contribution in [0.3, 0.4) is 0 Å². The Morgan fingerprint density at radius 2 is 0.925 bits per heavy atom. The Bertz CT molecular complexity index is 1920. The van der Waals surface area contributed by atoms with Gasteiger partial charge in [0.25, 0.3) is 0 Å². The zero-order chi connectivity index (χ0) is 37.1. The Kier molecular flexibility index (Phi) is 8.99. The second-order valence-corrected chi connectivity index (χ2v) is 13.9. The third-order valence-corrected chi connectivity index (χ3v) is 9.90. The summed E-state index contributed by atoms with van der Waals surface area (Å²) >= 11 is 0. The first-order valence-electron chi connectivity index (χ1n) is 17.3. The molecule has 4 atom stereocenters. The molecule has 0 amide bonds. The molecule has 0 saturated carbocycles. The number of ether oxygens (including phenoxy) is 6. The van der Waals surface area contributed by atoms with E-state index in [0.29, 0.717) is 24.6 Å². The van der Waals surface area contributed by atoms with Crippen molar-refractivity contribution >= 4 is 11.4 Å². The molecule has 4 unspecified atom stereocenters. The van der Waals surface area contributed by atoms with Crippen LogP contribution in [-0.2, 0) is 50.0 Å². The summed E-state index contributed by atoms with van der Waals surface area (Å²) in [6, 6.07) is 16.7. The molecule has 8 rings (SSSR count). The van der Waals surface area contributed by atoms with Crippen molar-refractivity contribution in [2.45, 2.75) is 67.9 Å². The fourth-order valence-corrected chi connectivity index (χ4v) is 7.15. The first-order valence-corrected chi connectivity index (χ1v) is 17.3. The van der Waals surface area contributed by atoms with E-state index in [1.54, 1.807) is 42.5 Å². The van der Waals surface area contributed by atoms with E-state index in [9.17, 15) is 0 Å². The van der Waals surface area contributed by atoms with Gasteiger partial charge >= 0.3 is 12.4 Å². The predicted octanol–water partition coefficient (Wildman–Crippen LogP) is 7.61. The van der Waals surface area contributed by atoms with Gasteiger partial charge in [-0.2, -0.15) is 26.3 Å². The summed E-state index contributed by atoms with van der Waals surface area (Å²) in [6.07, 6.45) is -14.2. The highest BCUT2D eigenvalue weighted by molar-refractivity contribution is 5.65. The quantitative estimate of drug-likeness (QED) is 0.0770. The zero-order valence-corrected chi connectivity index (χ0v) is 28.3. The van der Waals surface area contributed by atoms with E-state index >= 15 is 26.3 Å². The normalized spacial score (nSPS) is 22.0. The molecular weight excluding hydrogens is 706 g/mol. The van der Waals surface area contributed by atoms with Gasteiger partial charge in [0, 0.05) is 60.3 Å². The molecule has 4 aliphatic heterocycles. The maximum absolute atomic E-state index is 16.2. The zero-order valence-electron chi connectivity index (χ0n) is 28.3. The third-order valence-electron chi connectivity index (χ3n) is 9.90. The molecule has 8 nitrogen and oxygen atoms in total. The number of hydrogen-bond acceptors (Lipinski definition) is 8. The number of anilines is 2. The Morgan fingerprint density at radius 3 is 1.30 bits per heavy atom. The number of rotatable bonds is 14. The highest BCUT2D eigenvalue weighted by Crippen LogP contribution is 2.60. The van der Waals surface area contributed by atoms with E-state index in [-0.39, 0.29) is 84.1 Å². The molecule has 0 bridgehead atoms. The number of halogens is 6. The molecule has 14 heteroatoms. The van der Waals surface area contributed by atoms with Crippen LogP contribution in [0.4, 0.5) is 37.7 Å². The summed E-state index contributed by atoms with van der Waals surface area (Å²) in [5.41, 5.74) is 6.40. The van der Waals surface area contributed by atoms with E-state index in [1.165, 1.54) is 6.07 Å². The van der Waals surface area contributed by atoms with Gasteiger partial charge in [0.15, 0.2) is 0 Å². The van der Waals surface area contributed by atoms with Crippen LogP contribution in [0.15, 0.2) is 72.8 Å². The minimum absolute atomic E-state index is 0.0181. The fraction of sp³-hybridized carbons (Fsp3) is 0.385. The van der Waals surface area contributed by atoms with Gasteiger partial charge in [0.05, 0.1) is 50.8 Å². The summed E-state index contributed by atoms with van der Waals surface area (Å²) in [5, 5.41) is 0. The summed E-state index contributed by atoms with van der Waals surface area (Å²) in [4.78, 5) is 0. The number of alkyl halides is 6. The molecule has 4 saturated heterocycles. The monoisotopic (exact) mass is 742 g/mol. The molecule has 4 heterocycles. The number of nitrogen functional groups attached to an aromatic ring is 2. The minimum atomic E-state index is -5.88. The molecule has 53 heavy (non-hydrogen) atoms. The molecule has 280 valence electrons.